The van der Waals surface area contributed by atoms with Crippen LogP contribution >= 0.6 is 0 Å². The molecule has 82 valence electrons. The second-order valence-electron chi connectivity index (χ2n) is 2.81. The van der Waals surface area contributed by atoms with Crippen molar-refractivity contribution in [3.8, 4) is 0 Å². The van der Waals surface area contributed by atoms with E-state index in [0.29, 0.717) is 0 Å². The van der Waals surface area contributed by atoms with E-state index in [1.165, 1.54) is 6.07 Å². The monoisotopic (exact) mass is 223 g/mol. The molecule has 0 aromatic carbocycles. The van der Waals surface area contributed by atoms with Crippen molar-refractivity contribution in [2.45, 2.75) is 0 Å². The normalized spacial score (nSPS) is 10.1. The molecule has 0 aliphatic heterocycles. The summed E-state index contributed by atoms with van der Waals surface area (Å²) in [6.07, 6.45) is 0.972. The minimum Gasteiger partial charge on any atom is -0.379 e. The molecule has 7 nitrogen and oxygen atoms in total. The lowest BCUT2D eigenvalue weighted by atomic mass is 10.4. The minimum atomic E-state index is -0.627. The van der Waals surface area contributed by atoms with E-state index in [2.05, 4.69) is 25.2 Å². The predicted molar refractivity (Wildman–Crippen MR) is 50.9 cm³/mol. The van der Waals surface area contributed by atoms with Gasteiger partial charge in [-0.2, -0.15) is 0 Å². The molecule has 0 saturated carbocycles. The zero-order valence-electron chi connectivity index (χ0n) is 7.85. The van der Waals surface area contributed by atoms with Gasteiger partial charge in [-0.25, -0.2) is 14.0 Å². The molecule has 2 aromatic rings. The zero-order chi connectivity index (χ0) is 11.5. The molecule has 3 N–H and O–H groups in total. The molecule has 2 aromatic heterocycles. The fourth-order valence-electron chi connectivity index (χ4n) is 0.978. The van der Waals surface area contributed by atoms with Crippen LogP contribution in [0.25, 0.3) is 0 Å². The Morgan fingerprint density at radius 3 is 2.81 bits per heavy atom. The first-order valence-electron chi connectivity index (χ1n) is 4.18. The Morgan fingerprint density at radius 2 is 2.25 bits per heavy atom. The summed E-state index contributed by atoms with van der Waals surface area (Å²) in [5.41, 5.74) is 5.16. The summed E-state index contributed by atoms with van der Waals surface area (Å²) < 4.78 is 16.8. The molecule has 16 heavy (non-hydrogen) atoms. The van der Waals surface area contributed by atoms with E-state index in [9.17, 15) is 9.18 Å². The summed E-state index contributed by atoms with van der Waals surface area (Å²) in [4.78, 5) is 15.1. The van der Waals surface area contributed by atoms with Gasteiger partial charge in [0.2, 0.25) is 11.5 Å². The van der Waals surface area contributed by atoms with E-state index < -0.39 is 11.7 Å². The topological polar surface area (TPSA) is 107 Å². The van der Waals surface area contributed by atoms with Gasteiger partial charge < -0.3 is 11.1 Å². The van der Waals surface area contributed by atoms with Gasteiger partial charge in [-0.05, 0) is 22.4 Å². The van der Waals surface area contributed by atoms with Gasteiger partial charge >= 0.3 is 0 Å². The molecular formula is C8H6FN5O2. The second-order valence-corrected chi connectivity index (χ2v) is 2.81. The highest BCUT2D eigenvalue weighted by molar-refractivity contribution is 6.04. The third kappa shape index (κ3) is 1.95. The molecule has 0 aliphatic rings. The van der Waals surface area contributed by atoms with Gasteiger partial charge in [0.05, 0.1) is 6.20 Å². The highest BCUT2D eigenvalue weighted by atomic mass is 19.1. The van der Waals surface area contributed by atoms with Gasteiger partial charge in [0.25, 0.3) is 5.91 Å². The Hall–Kier alpha value is -2.51. The molecule has 0 aliphatic carbocycles. The standard InChI is InChI=1S/C8H6FN5O2/c9-4-1-2-5(11-3-4)12-8(15)6-7(10)14-16-13-6/h1-3H,(H2,10,14)(H,11,12,15). The van der Waals surface area contributed by atoms with Gasteiger partial charge in [-0.3, -0.25) is 4.79 Å². The van der Waals surface area contributed by atoms with Crippen molar-refractivity contribution in [3.63, 3.8) is 0 Å². The molecule has 2 heterocycles. The van der Waals surface area contributed by atoms with Crippen molar-refractivity contribution >= 4 is 17.5 Å². The summed E-state index contributed by atoms with van der Waals surface area (Å²) in [6.45, 7) is 0. The Balaban J connectivity index is 2.14. The van der Waals surface area contributed by atoms with E-state index in [1.807, 2.05) is 0 Å². The summed E-state index contributed by atoms with van der Waals surface area (Å²) in [7, 11) is 0. The van der Waals surface area contributed by atoms with Gasteiger partial charge in [-0.15, -0.1) is 0 Å². The predicted octanol–water partition coefficient (Wildman–Crippen LogP) is 0.438. The molecule has 0 unspecified atom stereocenters. The van der Waals surface area contributed by atoms with E-state index >= 15 is 0 Å². The number of amides is 1. The van der Waals surface area contributed by atoms with E-state index in [4.69, 9.17) is 5.73 Å². The van der Waals surface area contributed by atoms with Gasteiger partial charge in [0, 0.05) is 0 Å². The number of nitrogens with zero attached hydrogens (tertiary/aromatic N) is 3. The number of carbonyl (C=O) groups is 1. The lowest BCUT2D eigenvalue weighted by Gasteiger charge is -2.00. The number of pyridine rings is 1. The number of rotatable bonds is 2. The Bertz CT molecular complexity index is 509. The average molecular weight is 223 g/mol. The Morgan fingerprint density at radius 1 is 1.44 bits per heavy atom. The lowest BCUT2D eigenvalue weighted by Crippen LogP contribution is -2.15. The van der Waals surface area contributed by atoms with Crippen molar-refractivity contribution in [2.24, 2.45) is 0 Å². The van der Waals surface area contributed by atoms with Crippen LogP contribution in [0.3, 0.4) is 0 Å². The van der Waals surface area contributed by atoms with Crippen LogP contribution in [0.5, 0.6) is 0 Å². The third-order valence-electron chi connectivity index (χ3n) is 1.70. The highest BCUT2D eigenvalue weighted by Gasteiger charge is 2.16. The number of hydrogen-bond acceptors (Lipinski definition) is 6. The molecule has 1 amide bonds. The average Bonchev–Trinajstić information content (AvgIpc) is 2.68. The van der Waals surface area contributed by atoms with Crippen LogP contribution in [0.4, 0.5) is 16.0 Å². The maximum absolute atomic E-state index is 12.5. The molecule has 0 bridgehead atoms. The summed E-state index contributed by atoms with van der Waals surface area (Å²) in [5, 5.41) is 8.90. The van der Waals surface area contributed by atoms with Crippen molar-refractivity contribution in [3.05, 3.63) is 29.8 Å². The van der Waals surface area contributed by atoms with Crippen molar-refractivity contribution in [2.75, 3.05) is 11.1 Å². The second kappa shape index (κ2) is 3.93. The van der Waals surface area contributed by atoms with Crippen LogP contribution < -0.4 is 11.1 Å². The van der Waals surface area contributed by atoms with Crippen LogP contribution in [0, 0.1) is 5.82 Å². The molecule has 0 radical (unpaired) electrons. The van der Waals surface area contributed by atoms with E-state index in [0.717, 1.165) is 12.3 Å². The molecule has 0 saturated heterocycles. The summed E-state index contributed by atoms with van der Waals surface area (Å²) in [6, 6.07) is 2.46. The fourth-order valence-corrected chi connectivity index (χ4v) is 0.978. The first-order valence-corrected chi connectivity index (χ1v) is 4.18. The van der Waals surface area contributed by atoms with Gasteiger partial charge in [0.1, 0.15) is 11.6 Å². The smallest absolute Gasteiger partial charge is 0.282 e. The first kappa shape index (κ1) is 10.0. The van der Waals surface area contributed by atoms with Crippen molar-refractivity contribution in [1.82, 2.24) is 15.3 Å². The largest absolute Gasteiger partial charge is 0.379 e. The van der Waals surface area contributed by atoms with Crippen LogP contribution in [0.2, 0.25) is 0 Å². The number of hydrogen-bond donors (Lipinski definition) is 2. The van der Waals surface area contributed by atoms with Crippen LogP contribution in [-0.2, 0) is 0 Å². The molecule has 0 atom stereocenters. The molecule has 2 rings (SSSR count). The van der Waals surface area contributed by atoms with Crippen LogP contribution in [-0.4, -0.2) is 21.2 Å². The summed E-state index contributed by atoms with van der Waals surface area (Å²) >= 11 is 0. The number of aromatic nitrogens is 3. The lowest BCUT2D eigenvalue weighted by molar-refractivity contribution is 0.101. The minimum absolute atomic E-state index is 0.125. The van der Waals surface area contributed by atoms with Gasteiger partial charge in [0.15, 0.2) is 0 Å². The van der Waals surface area contributed by atoms with Crippen LogP contribution in [0.15, 0.2) is 23.0 Å². The van der Waals surface area contributed by atoms with E-state index in [-0.39, 0.29) is 17.3 Å². The van der Waals surface area contributed by atoms with E-state index in [1.54, 1.807) is 0 Å². The molecular weight excluding hydrogens is 217 g/mol. The van der Waals surface area contributed by atoms with Crippen molar-refractivity contribution in [1.29, 1.82) is 0 Å². The SMILES string of the molecule is Nc1nonc1C(=O)Nc1ccc(F)cn1. The third-order valence-corrected chi connectivity index (χ3v) is 1.70. The number of nitrogens with one attached hydrogen (secondary N) is 1. The van der Waals surface area contributed by atoms with Crippen LogP contribution in [0.1, 0.15) is 10.5 Å². The maximum Gasteiger partial charge on any atom is 0.282 e. The fraction of sp³-hybridized carbons (Fsp3) is 0. The number of nitrogen functional groups attached to an aromatic ring is 1. The Kier molecular flexibility index (Phi) is 2.46. The first-order chi connectivity index (χ1) is 7.66. The maximum atomic E-state index is 12.5. The molecule has 0 fully saturated rings. The quantitative estimate of drug-likeness (QED) is 0.764. The number of nitrogens with two attached hydrogens (primary N) is 1. The van der Waals surface area contributed by atoms with Crippen molar-refractivity contribution < 1.29 is 13.8 Å². The molecule has 0 spiro atoms. The number of anilines is 2. The number of halogens is 1. The number of carbonyl (C=O) groups excluding carboxylic acids is 1. The molecule has 8 heteroatoms. The highest BCUT2D eigenvalue weighted by Crippen LogP contribution is 2.08. The summed E-state index contributed by atoms with van der Waals surface area (Å²) in [5.74, 6) is -1.08. The Labute approximate surface area is 88.4 Å². The zero-order valence-corrected chi connectivity index (χ0v) is 7.85. The van der Waals surface area contributed by atoms with Gasteiger partial charge in [-0.1, -0.05) is 0 Å².